The molecule has 1 aliphatic rings. The molecule has 0 aliphatic carbocycles. The van der Waals surface area contributed by atoms with Gasteiger partial charge in [0, 0.05) is 5.56 Å². The molecule has 1 fully saturated rings. The SMILES string of the molecule is CCOc1ccccc1/C=C1\C(=O)NN(c2cccc(C)c2)C1=O. The van der Waals surface area contributed by atoms with Crippen molar-refractivity contribution in [2.24, 2.45) is 0 Å². The topological polar surface area (TPSA) is 58.6 Å². The number of anilines is 1. The van der Waals surface area contributed by atoms with E-state index in [2.05, 4.69) is 5.43 Å². The molecule has 24 heavy (non-hydrogen) atoms. The summed E-state index contributed by atoms with van der Waals surface area (Å²) in [6.07, 6.45) is 1.57. The van der Waals surface area contributed by atoms with Gasteiger partial charge < -0.3 is 4.74 Å². The van der Waals surface area contributed by atoms with Crippen LogP contribution in [0.1, 0.15) is 18.1 Å². The Morgan fingerprint density at radius 2 is 1.92 bits per heavy atom. The highest BCUT2D eigenvalue weighted by atomic mass is 16.5. The summed E-state index contributed by atoms with van der Waals surface area (Å²) in [6.45, 7) is 4.33. The molecule has 2 aromatic carbocycles. The predicted octanol–water partition coefficient (Wildman–Crippen LogP) is 2.86. The molecule has 0 radical (unpaired) electrons. The maximum absolute atomic E-state index is 12.6. The molecule has 0 unspecified atom stereocenters. The summed E-state index contributed by atoms with van der Waals surface area (Å²) in [5.41, 5.74) is 5.03. The number of ether oxygens (including phenoxy) is 1. The summed E-state index contributed by atoms with van der Waals surface area (Å²) in [6, 6.07) is 14.7. The fourth-order valence-electron chi connectivity index (χ4n) is 2.55. The number of carbonyl (C=O) groups excluding carboxylic acids is 2. The minimum absolute atomic E-state index is 0.0867. The van der Waals surface area contributed by atoms with Gasteiger partial charge in [0.05, 0.1) is 12.3 Å². The molecule has 0 aromatic heterocycles. The second-order valence-corrected chi connectivity index (χ2v) is 5.45. The Kier molecular flexibility index (Phi) is 4.33. The lowest BCUT2D eigenvalue weighted by molar-refractivity contribution is -0.117. The van der Waals surface area contributed by atoms with Gasteiger partial charge in [0.2, 0.25) is 0 Å². The molecule has 2 amide bonds. The monoisotopic (exact) mass is 322 g/mol. The van der Waals surface area contributed by atoms with Crippen molar-refractivity contribution in [3.8, 4) is 5.75 Å². The molecule has 2 aromatic rings. The van der Waals surface area contributed by atoms with Gasteiger partial charge in [0.15, 0.2) is 0 Å². The lowest BCUT2D eigenvalue weighted by atomic mass is 10.1. The smallest absolute Gasteiger partial charge is 0.282 e. The van der Waals surface area contributed by atoms with Gasteiger partial charge in [-0.15, -0.1) is 0 Å². The molecule has 0 atom stereocenters. The first-order chi connectivity index (χ1) is 11.6. The van der Waals surface area contributed by atoms with Crippen LogP contribution < -0.4 is 15.2 Å². The number of nitrogens with zero attached hydrogens (tertiary/aromatic N) is 1. The van der Waals surface area contributed by atoms with Crippen LogP contribution in [0.5, 0.6) is 5.75 Å². The molecule has 122 valence electrons. The van der Waals surface area contributed by atoms with Crippen LogP contribution in [-0.4, -0.2) is 18.4 Å². The van der Waals surface area contributed by atoms with Crippen molar-refractivity contribution in [3.05, 3.63) is 65.2 Å². The molecule has 0 bridgehead atoms. The molecule has 0 saturated carbocycles. The zero-order valence-electron chi connectivity index (χ0n) is 13.6. The van der Waals surface area contributed by atoms with E-state index in [1.807, 2.05) is 56.3 Å². The van der Waals surface area contributed by atoms with E-state index in [1.165, 1.54) is 5.01 Å². The van der Waals surface area contributed by atoms with E-state index < -0.39 is 5.91 Å². The van der Waals surface area contributed by atoms with Gasteiger partial charge >= 0.3 is 0 Å². The molecular weight excluding hydrogens is 304 g/mol. The Balaban J connectivity index is 1.95. The van der Waals surface area contributed by atoms with E-state index in [4.69, 9.17) is 4.74 Å². The van der Waals surface area contributed by atoms with Crippen LogP contribution in [-0.2, 0) is 9.59 Å². The number of benzene rings is 2. The Morgan fingerprint density at radius 3 is 2.67 bits per heavy atom. The van der Waals surface area contributed by atoms with Gasteiger partial charge in [-0.1, -0.05) is 30.3 Å². The highest BCUT2D eigenvalue weighted by molar-refractivity contribution is 6.31. The van der Waals surface area contributed by atoms with Crippen molar-refractivity contribution in [2.75, 3.05) is 11.6 Å². The van der Waals surface area contributed by atoms with Crippen molar-refractivity contribution in [2.45, 2.75) is 13.8 Å². The van der Waals surface area contributed by atoms with Gasteiger partial charge in [0.1, 0.15) is 11.3 Å². The van der Waals surface area contributed by atoms with Gasteiger partial charge in [-0.3, -0.25) is 15.0 Å². The minimum atomic E-state index is -0.423. The normalized spacial score (nSPS) is 15.8. The number of hydrogen-bond acceptors (Lipinski definition) is 3. The summed E-state index contributed by atoms with van der Waals surface area (Å²) in [5.74, 6) is -0.160. The van der Waals surface area contributed by atoms with Crippen LogP contribution in [0.3, 0.4) is 0 Å². The van der Waals surface area contributed by atoms with Crippen LogP contribution in [0.2, 0.25) is 0 Å². The zero-order chi connectivity index (χ0) is 17.1. The lowest BCUT2D eigenvalue weighted by Gasteiger charge is -2.14. The van der Waals surface area contributed by atoms with Crippen LogP contribution in [0.25, 0.3) is 6.08 Å². The molecule has 1 N–H and O–H groups in total. The standard InChI is InChI=1S/C19H18N2O3/c1-3-24-17-10-5-4-8-14(17)12-16-18(22)20-21(19(16)23)15-9-6-7-13(2)11-15/h4-12H,3H2,1-2H3,(H,20,22)/b16-12+. The number of nitrogens with one attached hydrogen (secondary N) is 1. The van der Waals surface area contributed by atoms with E-state index in [-0.39, 0.29) is 11.5 Å². The van der Waals surface area contributed by atoms with Gasteiger partial charge in [0.25, 0.3) is 11.8 Å². The second kappa shape index (κ2) is 6.58. The first-order valence-electron chi connectivity index (χ1n) is 7.76. The number of hydrazine groups is 1. The molecule has 5 nitrogen and oxygen atoms in total. The minimum Gasteiger partial charge on any atom is -0.493 e. The van der Waals surface area contributed by atoms with E-state index in [0.717, 1.165) is 5.56 Å². The number of hydrogen-bond donors (Lipinski definition) is 1. The van der Waals surface area contributed by atoms with Crippen LogP contribution in [0.15, 0.2) is 54.1 Å². The highest BCUT2D eigenvalue weighted by Crippen LogP contribution is 2.25. The summed E-state index contributed by atoms with van der Waals surface area (Å²) < 4.78 is 5.54. The molecular formula is C19H18N2O3. The van der Waals surface area contributed by atoms with E-state index in [9.17, 15) is 9.59 Å². The van der Waals surface area contributed by atoms with E-state index >= 15 is 0 Å². The predicted molar refractivity (Wildman–Crippen MR) is 92.4 cm³/mol. The average Bonchev–Trinajstić information content (AvgIpc) is 2.85. The number of carbonyl (C=O) groups is 2. The molecule has 1 saturated heterocycles. The first-order valence-corrected chi connectivity index (χ1v) is 7.76. The Hall–Kier alpha value is -3.08. The lowest BCUT2D eigenvalue weighted by Crippen LogP contribution is -2.35. The fourth-order valence-corrected chi connectivity index (χ4v) is 2.55. The Bertz CT molecular complexity index is 827. The van der Waals surface area contributed by atoms with Crippen molar-refractivity contribution < 1.29 is 14.3 Å². The highest BCUT2D eigenvalue weighted by Gasteiger charge is 2.34. The van der Waals surface area contributed by atoms with E-state index in [1.54, 1.807) is 12.1 Å². The first kappa shape index (κ1) is 15.8. The fraction of sp³-hybridized carbons (Fsp3) is 0.158. The maximum Gasteiger partial charge on any atom is 0.282 e. The Morgan fingerprint density at radius 1 is 1.12 bits per heavy atom. The molecule has 3 rings (SSSR count). The van der Waals surface area contributed by atoms with Crippen LogP contribution in [0.4, 0.5) is 5.69 Å². The summed E-state index contributed by atoms with van der Waals surface area (Å²) in [5, 5.41) is 1.27. The van der Waals surface area contributed by atoms with Gasteiger partial charge in [-0.25, -0.2) is 5.01 Å². The summed E-state index contributed by atoms with van der Waals surface area (Å²) in [7, 11) is 0. The average molecular weight is 322 g/mol. The zero-order valence-corrected chi connectivity index (χ0v) is 13.6. The quantitative estimate of drug-likeness (QED) is 0.695. The van der Waals surface area contributed by atoms with Crippen LogP contribution in [0, 0.1) is 6.92 Å². The number of para-hydroxylation sites is 1. The molecule has 0 spiro atoms. The summed E-state index contributed by atoms with van der Waals surface area (Å²) >= 11 is 0. The molecule has 1 aliphatic heterocycles. The third-order valence-electron chi connectivity index (χ3n) is 3.67. The van der Waals surface area contributed by atoms with Crippen molar-refractivity contribution in [1.82, 2.24) is 5.43 Å². The second-order valence-electron chi connectivity index (χ2n) is 5.45. The largest absolute Gasteiger partial charge is 0.493 e. The molecule has 5 heteroatoms. The van der Waals surface area contributed by atoms with Gasteiger partial charge in [-0.05, 0) is 43.7 Å². The summed E-state index contributed by atoms with van der Waals surface area (Å²) in [4.78, 5) is 24.9. The Labute approximate surface area is 140 Å². The number of aryl methyl sites for hydroxylation is 1. The van der Waals surface area contributed by atoms with Crippen molar-refractivity contribution in [3.63, 3.8) is 0 Å². The van der Waals surface area contributed by atoms with Crippen molar-refractivity contribution in [1.29, 1.82) is 0 Å². The number of amides is 2. The van der Waals surface area contributed by atoms with Crippen LogP contribution >= 0.6 is 0 Å². The van der Waals surface area contributed by atoms with E-state index in [0.29, 0.717) is 23.6 Å². The molecule has 1 heterocycles. The number of rotatable bonds is 4. The third kappa shape index (κ3) is 3.01. The maximum atomic E-state index is 12.6. The third-order valence-corrected chi connectivity index (χ3v) is 3.67. The van der Waals surface area contributed by atoms with Gasteiger partial charge in [-0.2, -0.15) is 0 Å². The van der Waals surface area contributed by atoms with Crippen molar-refractivity contribution >= 4 is 23.6 Å².